The average molecular weight is 228 g/mol. The Bertz CT molecular complexity index is 280. The third kappa shape index (κ3) is 3.20. The third-order valence-corrected chi connectivity index (χ3v) is 2.71. The van der Waals surface area contributed by atoms with E-state index in [4.69, 9.17) is 4.74 Å². The van der Waals surface area contributed by atoms with Crippen LogP contribution in [-0.4, -0.2) is 30.2 Å². The molecule has 1 rings (SSSR count). The number of nitrogens with one attached hydrogen (secondary N) is 2. The fraction of sp³-hybridized carbons (Fsp3) is 0.818. The summed E-state index contributed by atoms with van der Waals surface area (Å²) < 4.78 is 5.56. The molecule has 1 fully saturated rings. The average Bonchev–Trinajstić information content (AvgIpc) is 2.40. The molecular formula is C11H20N2O3. The Kier molecular flexibility index (Phi) is 4.29. The molecule has 0 bridgehead atoms. The molecule has 92 valence electrons. The van der Waals surface area contributed by atoms with Crippen molar-refractivity contribution in [2.24, 2.45) is 0 Å². The van der Waals surface area contributed by atoms with Crippen molar-refractivity contribution in [3.63, 3.8) is 0 Å². The van der Waals surface area contributed by atoms with E-state index in [1.54, 1.807) is 6.92 Å². The smallest absolute Gasteiger partial charge is 0.322 e. The molecule has 3 amide bonds. The quantitative estimate of drug-likeness (QED) is 0.530. The first kappa shape index (κ1) is 13.0. The standard InChI is InChI=1S/C11H20N2O3/c1-4-5-6-16-8(2)7-11(3)9(14)12-10(15)13-11/h8H,4-7H2,1-3H3,(H2,12,13,14,15)/t8-,11+/m1/s1. The van der Waals surface area contributed by atoms with Crippen LogP contribution in [0.3, 0.4) is 0 Å². The summed E-state index contributed by atoms with van der Waals surface area (Å²) in [5.74, 6) is -0.275. The molecule has 1 saturated heterocycles. The lowest BCUT2D eigenvalue weighted by atomic mass is 9.95. The Labute approximate surface area is 95.9 Å². The molecule has 0 radical (unpaired) electrons. The number of unbranched alkanes of at least 4 members (excludes halogenated alkanes) is 1. The maximum atomic E-state index is 11.5. The number of hydrogen-bond acceptors (Lipinski definition) is 3. The minimum absolute atomic E-state index is 0.0410. The number of imide groups is 1. The number of amides is 3. The highest BCUT2D eigenvalue weighted by Gasteiger charge is 2.42. The Hall–Kier alpha value is -1.10. The molecule has 0 aromatic heterocycles. The topological polar surface area (TPSA) is 67.4 Å². The Morgan fingerprint density at radius 3 is 2.62 bits per heavy atom. The second-order valence-electron chi connectivity index (χ2n) is 4.48. The van der Waals surface area contributed by atoms with Gasteiger partial charge < -0.3 is 10.1 Å². The first-order valence-corrected chi connectivity index (χ1v) is 5.73. The lowest BCUT2D eigenvalue weighted by Crippen LogP contribution is -2.46. The lowest BCUT2D eigenvalue weighted by Gasteiger charge is -2.24. The van der Waals surface area contributed by atoms with Gasteiger partial charge in [-0.1, -0.05) is 13.3 Å². The highest BCUT2D eigenvalue weighted by atomic mass is 16.5. The van der Waals surface area contributed by atoms with E-state index in [-0.39, 0.29) is 12.0 Å². The molecule has 1 aliphatic rings. The van der Waals surface area contributed by atoms with E-state index in [1.165, 1.54) is 0 Å². The van der Waals surface area contributed by atoms with Crippen molar-refractivity contribution in [3.05, 3.63) is 0 Å². The molecule has 16 heavy (non-hydrogen) atoms. The van der Waals surface area contributed by atoms with E-state index in [0.717, 1.165) is 12.8 Å². The van der Waals surface area contributed by atoms with E-state index in [2.05, 4.69) is 17.6 Å². The van der Waals surface area contributed by atoms with Crippen LogP contribution in [-0.2, 0) is 9.53 Å². The van der Waals surface area contributed by atoms with Crippen LogP contribution in [0, 0.1) is 0 Å². The minimum Gasteiger partial charge on any atom is -0.378 e. The van der Waals surface area contributed by atoms with Gasteiger partial charge in [-0.2, -0.15) is 0 Å². The van der Waals surface area contributed by atoms with Crippen LogP contribution in [0.1, 0.15) is 40.0 Å². The van der Waals surface area contributed by atoms with Crippen LogP contribution in [0.2, 0.25) is 0 Å². The van der Waals surface area contributed by atoms with E-state index < -0.39 is 11.6 Å². The van der Waals surface area contributed by atoms with Crippen molar-refractivity contribution >= 4 is 11.9 Å². The van der Waals surface area contributed by atoms with Crippen molar-refractivity contribution in [2.45, 2.75) is 51.7 Å². The van der Waals surface area contributed by atoms with Crippen molar-refractivity contribution in [3.8, 4) is 0 Å². The van der Waals surface area contributed by atoms with Gasteiger partial charge in [0.2, 0.25) is 0 Å². The van der Waals surface area contributed by atoms with E-state index in [1.807, 2.05) is 6.92 Å². The summed E-state index contributed by atoms with van der Waals surface area (Å²) in [4.78, 5) is 22.5. The second kappa shape index (κ2) is 5.30. The van der Waals surface area contributed by atoms with Crippen molar-refractivity contribution in [2.75, 3.05) is 6.61 Å². The summed E-state index contributed by atoms with van der Waals surface area (Å²) in [7, 11) is 0. The Balaban J connectivity index is 2.40. The van der Waals surface area contributed by atoms with Gasteiger partial charge in [-0.3, -0.25) is 10.1 Å². The van der Waals surface area contributed by atoms with Crippen LogP contribution in [0.5, 0.6) is 0 Å². The summed E-state index contributed by atoms with van der Waals surface area (Å²) in [6, 6.07) is -0.423. The van der Waals surface area contributed by atoms with Crippen molar-refractivity contribution < 1.29 is 14.3 Å². The van der Waals surface area contributed by atoms with Gasteiger partial charge in [0.15, 0.2) is 0 Å². The molecule has 0 aliphatic carbocycles. The molecule has 0 aromatic rings. The van der Waals surface area contributed by atoms with Gasteiger partial charge >= 0.3 is 6.03 Å². The molecule has 5 heteroatoms. The number of urea groups is 1. The zero-order chi connectivity index (χ0) is 12.2. The van der Waals surface area contributed by atoms with Crippen LogP contribution in [0.15, 0.2) is 0 Å². The molecule has 0 aromatic carbocycles. The maximum Gasteiger partial charge on any atom is 0.322 e. The van der Waals surface area contributed by atoms with Crippen molar-refractivity contribution in [1.82, 2.24) is 10.6 Å². The monoisotopic (exact) mass is 228 g/mol. The second-order valence-corrected chi connectivity index (χ2v) is 4.48. The minimum atomic E-state index is -0.831. The Morgan fingerprint density at radius 1 is 1.44 bits per heavy atom. The molecular weight excluding hydrogens is 208 g/mol. The first-order valence-electron chi connectivity index (χ1n) is 5.73. The molecule has 0 saturated carbocycles. The van der Waals surface area contributed by atoms with Crippen LogP contribution in [0.4, 0.5) is 4.79 Å². The van der Waals surface area contributed by atoms with Gasteiger partial charge in [-0.05, 0) is 20.3 Å². The first-order chi connectivity index (χ1) is 7.48. The highest BCUT2D eigenvalue weighted by Crippen LogP contribution is 2.18. The molecule has 1 aliphatic heterocycles. The normalized spacial score (nSPS) is 26.4. The largest absolute Gasteiger partial charge is 0.378 e. The zero-order valence-corrected chi connectivity index (χ0v) is 10.1. The number of carbonyl (C=O) groups excluding carboxylic acids is 2. The summed E-state index contributed by atoms with van der Waals surface area (Å²) in [5.41, 5.74) is -0.831. The predicted octanol–water partition coefficient (Wildman–Crippen LogP) is 1.18. The van der Waals surface area contributed by atoms with Gasteiger partial charge in [0.1, 0.15) is 5.54 Å². The summed E-state index contributed by atoms with van der Waals surface area (Å²) in [5, 5.41) is 4.86. The number of rotatable bonds is 6. The highest BCUT2D eigenvalue weighted by molar-refractivity contribution is 6.06. The van der Waals surface area contributed by atoms with E-state index in [9.17, 15) is 9.59 Å². The van der Waals surface area contributed by atoms with Gasteiger partial charge in [0.05, 0.1) is 6.10 Å². The summed E-state index contributed by atoms with van der Waals surface area (Å²) >= 11 is 0. The summed E-state index contributed by atoms with van der Waals surface area (Å²) in [6.07, 6.45) is 2.55. The van der Waals surface area contributed by atoms with Gasteiger partial charge in [-0.15, -0.1) is 0 Å². The Morgan fingerprint density at radius 2 is 2.12 bits per heavy atom. The number of ether oxygens (including phenoxy) is 1. The SMILES string of the molecule is CCCCO[C@H](C)C[C@]1(C)NC(=O)NC1=O. The third-order valence-electron chi connectivity index (χ3n) is 2.71. The van der Waals surface area contributed by atoms with Crippen LogP contribution < -0.4 is 10.6 Å². The molecule has 2 N–H and O–H groups in total. The number of hydrogen-bond donors (Lipinski definition) is 2. The lowest BCUT2D eigenvalue weighted by molar-refractivity contribution is -0.124. The van der Waals surface area contributed by atoms with Crippen LogP contribution >= 0.6 is 0 Å². The van der Waals surface area contributed by atoms with E-state index >= 15 is 0 Å². The van der Waals surface area contributed by atoms with Crippen LogP contribution in [0.25, 0.3) is 0 Å². The summed E-state index contributed by atoms with van der Waals surface area (Å²) in [6.45, 7) is 6.43. The van der Waals surface area contributed by atoms with Gasteiger partial charge in [-0.25, -0.2) is 4.79 Å². The zero-order valence-electron chi connectivity index (χ0n) is 10.1. The maximum absolute atomic E-state index is 11.5. The molecule has 0 unspecified atom stereocenters. The van der Waals surface area contributed by atoms with Gasteiger partial charge in [0.25, 0.3) is 5.91 Å². The predicted molar refractivity (Wildman–Crippen MR) is 60.0 cm³/mol. The fourth-order valence-corrected chi connectivity index (χ4v) is 1.79. The fourth-order valence-electron chi connectivity index (χ4n) is 1.79. The molecule has 5 nitrogen and oxygen atoms in total. The van der Waals surface area contributed by atoms with Crippen molar-refractivity contribution in [1.29, 1.82) is 0 Å². The van der Waals surface area contributed by atoms with Gasteiger partial charge in [0, 0.05) is 13.0 Å². The molecule has 0 spiro atoms. The van der Waals surface area contributed by atoms with E-state index in [0.29, 0.717) is 13.0 Å². The molecule has 2 atom stereocenters. The number of carbonyl (C=O) groups is 2. The molecule has 1 heterocycles.